The normalized spacial score (nSPS) is 13.3. The molecule has 0 aliphatic heterocycles. The van der Waals surface area contributed by atoms with Crippen molar-refractivity contribution in [3.8, 4) is 0 Å². The van der Waals surface area contributed by atoms with E-state index >= 15 is 0 Å². The first kappa shape index (κ1) is 28.9. The number of ether oxygens (including phenoxy) is 1. The van der Waals surface area contributed by atoms with Crippen molar-refractivity contribution in [3.05, 3.63) is 17.0 Å². The molecule has 0 unspecified atom stereocenters. The quantitative estimate of drug-likeness (QED) is 0.280. The fourth-order valence-corrected chi connectivity index (χ4v) is 4.88. The van der Waals surface area contributed by atoms with Gasteiger partial charge in [-0.15, -0.1) is 0 Å². The molecule has 1 heterocycles. The van der Waals surface area contributed by atoms with Crippen LogP contribution in [0.15, 0.2) is 0 Å². The fourth-order valence-electron chi connectivity index (χ4n) is 3.06. The second-order valence-corrected chi connectivity index (χ2v) is 13.4. The average Bonchev–Trinajstić information content (AvgIpc) is 3.01. The number of rotatable bonds is 11. The molecule has 186 valence electrons. The minimum atomic E-state index is -3.35. The topological polar surface area (TPSA) is 79.7 Å². The lowest BCUT2D eigenvalue weighted by Crippen LogP contribution is -2.27. The number of esters is 1. The van der Waals surface area contributed by atoms with Crippen molar-refractivity contribution >= 4 is 13.6 Å². The fraction of sp³-hybridized carbons (Fsp3) is 0.833. The van der Waals surface area contributed by atoms with Gasteiger partial charge in [0.25, 0.3) is 0 Å². The second-order valence-electron chi connectivity index (χ2n) is 11.2. The molecule has 0 bridgehead atoms. The first-order chi connectivity index (χ1) is 14.5. The van der Waals surface area contributed by atoms with Crippen molar-refractivity contribution in [2.75, 3.05) is 19.4 Å². The first-order valence-electron chi connectivity index (χ1n) is 11.7. The molecule has 7 nitrogen and oxygen atoms in total. The highest BCUT2D eigenvalue weighted by atomic mass is 31.2. The van der Waals surface area contributed by atoms with Gasteiger partial charge in [0.2, 0.25) is 0 Å². The maximum Gasteiger partial charge on any atom is 0.357 e. The molecule has 1 rings (SSSR count). The van der Waals surface area contributed by atoms with Crippen LogP contribution >= 0.6 is 7.60 Å². The highest BCUT2D eigenvalue weighted by Gasteiger charge is 2.33. The van der Waals surface area contributed by atoms with E-state index in [2.05, 4.69) is 20.8 Å². The molecule has 0 saturated carbocycles. The summed E-state index contributed by atoms with van der Waals surface area (Å²) in [7, 11) is -3.35. The molecule has 0 aliphatic rings. The van der Waals surface area contributed by atoms with Crippen LogP contribution < -0.4 is 0 Å². The van der Waals surface area contributed by atoms with E-state index in [0.29, 0.717) is 25.3 Å². The Morgan fingerprint density at radius 2 is 1.50 bits per heavy atom. The maximum absolute atomic E-state index is 13.5. The van der Waals surface area contributed by atoms with E-state index in [1.54, 1.807) is 4.68 Å². The van der Waals surface area contributed by atoms with Gasteiger partial charge in [-0.05, 0) is 39.0 Å². The number of aryl methyl sites for hydroxylation is 1. The average molecular weight is 473 g/mol. The predicted octanol–water partition coefficient (Wildman–Crippen LogP) is 6.24. The monoisotopic (exact) mass is 472 g/mol. The van der Waals surface area contributed by atoms with Gasteiger partial charge in [0.15, 0.2) is 0 Å². The zero-order chi connectivity index (χ0) is 24.9. The zero-order valence-electron chi connectivity index (χ0n) is 22.1. The first-order valence-corrected chi connectivity index (χ1v) is 13.4. The van der Waals surface area contributed by atoms with Crippen molar-refractivity contribution in [2.45, 2.75) is 100 Å². The lowest BCUT2D eigenvalue weighted by Gasteiger charge is -2.22. The number of carbonyl (C=O) groups excluding carboxylic acids is 1. The SMILES string of the molecule is CCc1c(C(C)(C)C)nn(CCP(=O)(OCC(C)C)OCC(C)C)c1C(=O)OC(C)(C)C. The minimum Gasteiger partial charge on any atom is -0.455 e. The highest BCUT2D eigenvalue weighted by Crippen LogP contribution is 2.49. The Morgan fingerprint density at radius 3 is 1.88 bits per heavy atom. The summed E-state index contributed by atoms with van der Waals surface area (Å²) in [6.07, 6.45) is 0.781. The number of nitrogens with zero attached hydrogens (tertiary/aromatic N) is 2. The Hall–Kier alpha value is -1.17. The summed E-state index contributed by atoms with van der Waals surface area (Å²) in [4.78, 5) is 13.1. The van der Waals surface area contributed by atoms with Crippen molar-refractivity contribution < 1.29 is 23.1 Å². The van der Waals surface area contributed by atoms with Crippen molar-refractivity contribution in [1.29, 1.82) is 0 Å². The van der Waals surface area contributed by atoms with Crippen LogP contribution in [0.25, 0.3) is 0 Å². The standard InChI is InChI=1S/C24H45N2O5P/c1-12-19-20(22(27)31-24(9,10)11)26(25-21(19)23(6,7)8)13-14-32(28,29-15-17(2)3)30-16-18(4)5/h17-18H,12-16H2,1-11H3. The van der Waals surface area contributed by atoms with Crippen LogP contribution in [0.3, 0.4) is 0 Å². The van der Waals surface area contributed by atoms with Gasteiger partial charge in [0.05, 0.1) is 31.6 Å². The molecule has 0 amide bonds. The molecule has 0 atom stereocenters. The van der Waals surface area contributed by atoms with E-state index in [4.69, 9.17) is 18.9 Å². The lowest BCUT2D eigenvalue weighted by atomic mass is 9.88. The molecule has 0 fully saturated rings. The van der Waals surface area contributed by atoms with Crippen LogP contribution in [0.4, 0.5) is 0 Å². The Labute approximate surface area is 195 Å². The van der Waals surface area contributed by atoms with Crippen LogP contribution in [-0.4, -0.2) is 40.7 Å². The summed E-state index contributed by atoms with van der Waals surface area (Å²) in [5.74, 6) is 0.0396. The smallest absolute Gasteiger partial charge is 0.357 e. The van der Waals surface area contributed by atoms with E-state index in [9.17, 15) is 9.36 Å². The molecule has 0 spiro atoms. The van der Waals surface area contributed by atoms with Crippen LogP contribution in [0, 0.1) is 11.8 Å². The molecule has 0 radical (unpaired) electrons. The Bertz CT molecular complexity index is 785. The highest BCUT2D eigenvalue weighted by molar-refractivity contribution is 7.53. The summed E-state index contributed by atoms with van der Waals surface area (Å²) in [5.41, 5.74) is 1.26. The van der Waals surface area contributed by atoms with Gasteiger partial charge in [-0.25, -0.2) is 4.79 Å². The Morgan fingerprint density at radius 1 is 1.00 bits per heavy atom. The van der Waals surface area contributed by atoms with Gasteiger partial charge in [-0.3, -0.25) is 9.25 Å². The predicted molar refractivity (Wildman–Crippen MR) is 130 cm³/mol. The van der Waals surface area contributed by atoms with Gasteiger partial charge in [-0.2, -0.15) is 5.10 Å². The summed E-state index contributed by atoms with van der Waals surface area (Å²) in [6, 6.07) is 0. The van der Waals surface area contributed by atoms with Crippen molar-refractivity contribution in [1.82, 2.24) is 9.78 Å². The van der Waals surface area contributed by atoms with Gasteiger partial charge < -0.3 is 13.8 Å². The zero-order valence-corrected chi connectivity index (χ0v) is 23.0. The van der Waals surface area contributed by atoms with Crippen LogP contribution in [0.2, 0.25) is 0 Å². The van der Waals surface area contributed by atoms with Crippen LogP contribution in [-0.2, 0) is 36.7 Å². The van der Waals surface area contributed by atoms with Crippen molar-refractivity contribution in [2.24, 2.45) is 11.8 Å². The van der Waals surface area contributed by atoms with Gasteiger partial charge >= 0.3 is 13.6 Å². The molecule has 8 heteroatoms. The maximum atomic E-state index is 13.5. The molecule has 1 aromatic heterocycles. The molecule has 32 heavy (non-hydrogen) atoms. The van der Waals surface area contributed by atoms with Crippen LogP contribution in [0.5, 0.6) is 0 Å². The number of aromatic nitrogens is 2. The molecule has 0 saturated heterocycles. The molecular weight excluding hydrogens is 427 g/mol. The lowest BCUT2D eigenvalue weighted by molar-refractivity contribution is 0.00547. The van der Waals surface area contributed by atoms with Gasteiger partial charge in [0.1, 0.15) is 11.3 Å². The van der Waals surface area contributed by atoms with E-state index in [1.165, 1.54) is 0 Å². The minimum absolute atomic E-state index is 0.136. The molecule has 0 N–H and O–H groups in total. The summed E-state index contributed by atoms with van der Waals surface area (Å²) >= 11 is 0. The van der Waals surface area contributed by atoms with E-state index < -0.39 is 19.2 Å². The number of hydrogen-bond acceptors (Lipinski definition) is 6. The molecule has 0 aliphatic carbocycles. The summed E-state index contributed by atoms with van der Waals surface area (Å²) < 4.78 is 32.3. The second kappa shape index (κ2) is 11.3. The Balaban J connectivity index is 3.34. The summed E-state index contributed by atoms with van der Waals surface area (Å²) in [5, 5.41) is 4.78. The third kappa shape index (κ3) is 8.99. The van der Waals surface area contributed by atoms with E-state index in [0.717, 1.165) is 11.3 Å². The molecular formula is C24H45N2O5P. The Kier molecular flexibility index (Phi) is 10.2. The van der Waals surface area contributed by atoms with Crippen molar-refractivity contribution in [3.63, 3.8) is 0 Å². The third-order valence-corrected chi connectivity index (χ3v) is 6.33. The molecule has 0 aromatic carbocycles. The van der Waals surface area contributed by atoms with Gasteiger partial charge in [0, 0.05) is 11.0 Å². The number of carbonyl (C=O) groups is 1. The van der Waals surface area contributed by atoms with E-state index in [-0.39, 0.29) is 30.0 Å². The molecule has 1 aromatic rings. The largest absolute Gasteiger partial charge is 0.455 e. The third-order valence-electron chi connectivity index (χ3n) is 4.50. The summed E-state index contributed by atoms with van der Waals surface area (Å²) in [6.45, 7) is 22.7. The van der Waals surface area contributed by atoms with Crippen LogP contribution in [0.1, 0.15) is 97.9 Å². The van der Waals surface area contributed by atoms with Gasteiger partial charge in [-0.1, -0.05) is 55.4 Å². The van der Waals surface area contributed by atoms with E-state index in [1.807, 2.05) is 55.4 Å². The number of hydrogen-bond donors (Lipinski definition) is 0.